The lowest BCUT2D eigenvalue weighted by Gasteiger charge is -2.08. The first kappa shape index (κ1) is 10.9. The first-order valence-electron chi connectivity index (χ1n) is 3.97. The smallest absolute Gasteiger partial charge is 0.151 e. The van der Waals surface area contributed by atoms with Gasteiger partial charge in [-0.15, -0.1) is 0 Å². The fourth-order valence-corrected chi connectivity index (χ4v) is 1.95. The van der Waals surface area contributed by atoms with Crippen LogP contribution in [0, 0.1) is 0 Å². The molecule has 0 spiro atoms. The third-order valence-corrected chi connectivity index (χ3v) is 3.38. The van der Waals surface area contributed by atoms with Gasteiger partial charge in [0.1, 0.15) is 0 Å². The van der Waals surface area contributed by atoms with E-state index < -0.39 is 9.84 Å². The molecule has 0 saturated carbocycles. The molecule has 0 fully saturated rings. The van der Waals surface area contributed by atoms with Crippen molar-refractivity contribution in [3.63, 3.8) is 0 Å². The van der Waals surface area contributed by atoms with Crippen molar-refractivity contribution >= 4 is 9.84 Å². The molecule has 0 rings (SSSR count). The zero-order chi connectivity index (χ0) is 8.91. The van der Waals surface area contributed by atoms with Gasteiger partial charge in [0, 0.05) is 11.8 Å². The van der Waals surface area contributed by atoms with Crippen LogP contribution in [0.3, 0.4) is 0 Å². The lowest BCUT2D eigenvalue weighted by molar-refractivity contribution is 0.578. The van der Waals surface area contributed by atoms with Crippen LogP contribution in [0.15, 0.2) is 0 Å². The largest absolute Gasteiger partial charge is 0.327 e. The molecule has 3 nitrogen and oxygen atoms in total. The van der Waals surface area contributed by atoms with Gasteiger partial charge in [-0.3, -0.25) is 0 Å². The minimum atomic E-state index is -2.87. The van der Waals surface area contributed by atoms with Crippen LogP contribution in [0.2, 0.25) is 0 Å². The maximum Gasteiger partial charge on any atom is 0.151 e. The summed E-state index contributed by atoms with van der Waals surface area (Å²) in [6, 6.07) is -0.176. The van der Waals surface area contributed by atoms with E-state index in [1.807, 2.05) is 6.92 Å². The van der Waals surface area contributed by atoms with Gasteiger partial charge < -0.3 is 5.73 Å². The molecule has 0 amide bonds. The van der Waals surface area contributed by atoms with Crippen LogP contribution in [-0.4, -0.2) is 26.0 Å². The van der Waals surface area contributed by atoms with Gasteiger partial charge >= 0.3 is 0 Å². The van der Waals surface area contributed by atoms with Gasteiger partial charge in [-0.25, -0.2) is 8.42 Å². The lowest BCUT2D eigenvalue weighted by Crippen LogP contribution is -2.30. The van der Waals surface area contributed by atoms with E-state index in [-0.39, 0.29) is 17.5 Å². The minimum absolute atomic E-state index is 0.136. The monoisotopic (exact) mass is 179 g/mol. The summed E-state index contributed by atoms with van der Waals surface area (Å²) < 4.78 is 22.0. The van der Waals surface area contributed by atoms with Crippen molar-refractivity contribution in [3.05, 3.63) is 0 Å². The molecule has 0 heterocycles. The second-order valence-corrected chi connectivity index (χ2v) is 5.15. The Bertz CT molecular complexity index is 187. The maximum atomic E-state index is 11.0. The van der Waals surface area contributed by atoms with Gasteiger partial charge in [0.25, 0.3) is 0 Å². The molecule has 0 aromatic carbocycles. The second kappa shape index (κ2) is 4.72. The predicted molar refractivity (Wildman–Crippen MR) is 47.2 cm³/mol. The standard InChI is InChI=1S/C7H17NO2S/c1-3-5-7(8)6-11(9,10)4-2/h7H,3-6,8H2,1-2H3. The Labute approximate surface area is 68.9 Å². The molecule has 1 atom stereocenters. The van der Waals surface area contributed by atoms with Crippen LogP contribution in [0.1, 0.15) is 26.7 Å². The molecular weight excluding hydrogens is 162 g/mol. The first-order chi connectivity index (χ1) is 5.02. The van der Waals surface area contributed by atoms with Crippen LogP contribution in [0.5, 0.6) is 0 Å². The zero-order valence-corrected chi connectivity index (χ0v) is 8.02. The van der Waals surface area contributed by atoms with Gasteiger partial charge in [0.05, 0.1) is 5.75 Å². The van der Waals surface area contributed by atoms with E-state index in [9.17, 15) is 8.42 Å². The molecule has 4 heteroatoms. The summed E-state index contributed by atoms with van der Waals surface area (Å²) >= 11 is 0. The Morgan fingerprint density at radius 2 is 1.91 bits per heavy atom. The van der Waals surface area contributed by atoms with E-state index >= 15 is 0 Å². The Kier molecular flexibility index (Phi) is 4.68. The second-order valence-electron chi connectivity index (χ2n) is 2.75. The minimum Gasteiger partial charge on any atom is -0.327 e. The van der Waals surface area contributed by atoms with E-state index in [1.54, 1.807) is 6.92 Å². The van der Waals surface area contributed by atoms with E-state index in [4.69, 9.17) is 5.73 Å². The van der Waals surface area contributed by atoms with E-state index in [2.05, 4.69) is 0 Å². The first-order valence-corrected chi connectivity index (χ1v) is 5.80. The highest BCUT2D eigenvalue weighted by Gasteiger charge is 2.12. The molecule has 0 bridgehead atoms. The maximum absolute atomic E-state index is 11.0. The van der Waals surface area contributed by atoms with Crippen molar-refractivity contribution < 1.29 is 8.42 Å². The average Bonchev–Trinajstić information content (AvgIpc) is 1.87. The molecule has 0 aromatic heterocycles. The summed E-state index contributed by atoms with van der Waals surface area (Å²) in [5.41, 5.74) is 5.57. The molecule has 1 unspecified atom stereocenters. The van der Waals surface area contributed by atoms with Crippen LogP contribution in [-0.2, 0) is 9.84 Å². The Morgan fingerprint density at radius 1 is 1.36 bits per heavy atom. The molecule has 11 heavy (non-hydrogen) atoms. The molecular formula is C7H17NO2S. The van der Waals surface area contributed by atoms with Crippen molar-refractivity contribution in [2.45, 2.75) is 32.7 Å². The summed E-state index contributed by atoms with van der Waals surface area (Å²) in [7, 11) is -2.87. The summed E-state index contributed by atoms with van der Waals surface area (Å²) in [5.74, 6) is 0.335. The van der Waals surface area contributed by atoms with Gasteiger partial charge in [0.2, 0.25) is 0 Å². The average molecular weight is 179 g/mol. The molecule has 2 N–H and O–H groups in total. The topological polar surface area (TPSA) is 60.2 Å². The van der Waals surface area contributed by atoms with E-state index in [1.165, 1.54) is 0 Å². The summed E-state index contributed by atoms with van der Waals surface area (Å²) in [5, 5.41) is 0. The Balaban J connectivity index is 3.84. The molecule has 0 aliphatic carbocycles. The highest BCUT2D eigenvalue weighted by Crippen LogP contribution is 1.98. The van der Waals surface area contributed by atoms with Gasteiger partial charge in [-0.05, 0) is 6.42 Å². The van der Waals surface area contributed by atoms with E-state index in [0.717, 1.165) is 12.8 Å². The van der Waals surface area contributed by atoms with Crippen molar-refractivity contribution in [1.29, 1.82) is 0 Å². The van der Waals surface area contributed by atoms with Crippen LogP contribution < -0.4 is 5.73 Å². The highest BCUT2D eigenvalue weighted by atomic mass is 32.2. The number of sulfone groups is 1. The number of rotatable bonds is 5. The van der Waals surface area contributed by atoms with Gasteiger partial charge in [0.15, 0.2) is 9.84 Å². The summed E-state index contributed by atoms with van der Waals surface area (Å²) in [6.07, 6.45) is 1.74. The third-order valence-electron chi connectivity index (χ3n) is 1.57. The molecule has 0 aromatic rings. The van der Waals surface area contributed by atoms with Crippen LogP contribution in [0.4, 0.5) is 0 Å². The van der Waals surface area contributed by atoms with Gasteiger partial charge in [-0.1, -0.05) is 20.3 Å². The summed E-state index contributed by atoms with van der Waals surface area (Å²) in [4.78, 5) is 0. The zero-order valence-electron chi connectivity index (χ0n) is 7.21. The summed E-state index contributed by atoms with van der Waals surface area (Å²) in [6.45, 7) is 3.65. The van der Waals surface area contributed by atoms with Crippen molar-refractivity contribution in [1.82, 2.24) is 0 Å². The van der Waals surface area contributed by atoms with Crippen molar-refractivity contribution in [2.75, 3.05) is 11.5 Å². The quantitative estimate of drug-likeness (QED) is 0.670. The molecule has 0 aliphatic rings. The molecule has 0 aliphatic heterocycles. The number of hydrogen-bond acceptors (Lipinski definition) is 3. The number of nitrogens with two attached hydrogens (primary N) is 1. The van der Waals surface area contributed by atoms with Gasteiger partial charge in [-0.2, -0.15) is 0 Å². The van der Waals surface area contributed by atoms with Crippen LogP contribution >= 0.6 is 0 Å². The SMILES string of the molecule is CCCC(N)CS(=O)(=O)CC. The third kappa shape index (κ3) is 5.21. The van der Waals surface area contributed by atoms with Crippen LogP contribution in [0.25, 0.3) is 0 Å². The highest BCUT2D eigenvalue weighted by molar-refractivity contribution is 7.91. The Hall–Kier alpha value is -0.0900. The van der Waals surface area contributed by atoms with E-state index in [0.29, 0.717) is 0 Å². The predicted octanol–water partition coefficient (Wildman–Crippen LogP) is 0.548. The van der Waals surface area contributed by atoms with Crippen molar-refractivity contribution in [2.24, 2.45) is 5.73 Å². The fraction of sp³-hybridized carbons (Fsp3) is 1.00. The lowest BCUT2D eigenvalue weighted by atomic mass is 10.2. The normalized spacial score (nSPS) is 14.8. The number of hydrogen-bond donors (Lipinski definition) is 1. The molecule has 0 radical (unpaired) electrons. The molecule has 0 saturated heterocycles. The van der Waals surface area contributed by atoms with Crippen molar-refractivity contribution in [3.8, 4) is 0 Å². The Morgan fingerprint density at radius 3 is 2.27 bits per heavy atom. The fourth-order valence-electron chi connectivity index (χ4n) is 0.898. The molecule has 68 valence electrons.